The van der Waals surface area contributed by atoms with Gasteiger partial charge in [0.2, 0.25) is 5.88 Å². The molecule has 2 heterocycles. The fraction of sp³-hybridized carbons (Fsp3) is 0.571. The zero-order valence-corrected chi connectivity index (χ0v) is 18.2. The summed E-state index contributed by atoms with van der Waals surface area (Å²) in [6, 6.07) is 3.17. The molecule has 2 aromatic rings. The van der Waals surface area contributed by atoms with Crippen LogP contribution in [-0.2, 0) is 4.74 Å². The lowest BCUT2D eigenvalue weighted by Crippen LogP contribution is -2.36. The number of aromatic nitrogens is 2. The van der Waals surface area contributed by atoms with E-state index < -0.39 is 11.4 Å². The number of likely N-dealkylation sites (N-methyl/N-ethyl adjacent to an activating group) is 1. The molecule has 0 N–H and O–H groups in total. The molecule has 0 aliphatic rings. The third kappa shape index (κ3) is 6.32. The number of hydrogen-bond acceptors (Lipinski definition) is 5. The van der Waals surface area contributed by atoms with Crippen molar-refractivity contribution in [3.8, 4) is 5.88 Å². The van der Waals surface area contributed by atoms with Crippen LogP contribution in [0.3, 0.4) is 0 Å². The van der Waals surface area contributed by atoms with Gasteiger partial charge in [-0.15, -0.1) is 0 Å². The molecule has 7 heteroatoms. The predicted molar refractivity (Wildman–Crippen MR) is 109 cm³/mol. The number of carbonyl (C=O) groups excluding carboxylic acids is 1. The first-order valence-electron chi connectivity index (χ1n) is 9.59. The van der Waals surface area contributed by atoms with Gasteiger partial charge in [-0.05, 0) is 39.3 Å². The Balaban J connectivity index is 0.00000190. The van der Waals surface area contributed by atoms with E-state index in [1.807, 2.05) is 47.6 Å². The van der Waals surface area contributed by atoms with E-state index in [2.05, 4.69) is 9.97 Å². The SMILES string of the molecule is CC.CCC(CN(C)C(=O)OC(C)(C)C)c1cc2ncc(F)cc2c(OC)n1. The number of pyridine rings is 2. The summed E-state index contributed by atoms with van der Waals surface area (Å²) >= 11 is 0. The number of nitrogens with zero attached hydrogens (tertiary/aromatic N) is 3. The normalized spacial score (nSPS) is 12.0. The predicted octanol–water partition coefficient (Wildman–Crippen LogP) is 5.16. The molecule has 1 amide bonds. The van der Waals surface area contributed by atoms with E-state index in [1.165, 1.54) is 24.3 Å². The highest BCUT2D eigenvalue weighted by Crippen LogP contribution is 2.28. The average Bonchev–Trinajstić information content (AvgIpc) is 2.65. The summed E-state index contributed by atoms with van der Waals surface area (Å²) in [6.07, 6.45) is 1.54. The summed E-state index contributed by atoms with van der Waals surface area (Å²) in [5, 5.41) is 0.520. The second kappa shape index (κ2) is 10.2. The molecule has 0 spiro atoms. The van der Waals surface area contributed by atoms with Crippen molar-refractivity contribution in [1.29, 1.82) is 0 Å². The number of ether oxygens (including phenoxy) is 2. The van der Waals surface area contributed by atoms with Crippen molar-refractivity contribution in [2.24, 2.45) is 0 Å². The zero-order chi connectivity index (χ0) is 21.5. The van der Waals surface area contributed by atoms with Crippen LogP contribution in [0.1, 0.15) is 59.6 Å². The molecule has 0 fully saturated rings. The third-order valence-electron chi connectivity index (χ3n) is 3.93. The minimum Gasteiger partial charge on any atom is -0.480 e. The first-order chi connectivity index (χ1) is 13.1. The molecule has 2 aromatic heterocycles. The largest absolute Gasteiger partial charge is 0.480 e. The highest BCUT2D eigenvalue weighted by atomic mass is 19.1. The number of halogens is 1. The van der Waals surface area contributed by atoms with E-state index in [1.54, 1.807) is 7.05 Å². The Hall–Kier alpha value is -2.44. The third-order valence-corrected chi connectivity index (χ3v) is 3.93. The number of fused-ring (bicyclic) bond motifs is 1. The molecule has 0 aromatic carbocycles. The Kier molecular flexibility index (Phi) is 8.60. The first kappa shape index (κ1) is 23.6. The Morgan fingerprint density at radius 2 is 1.93 bits per heavy atom. The van der Waals surface area contributed by atoms with E-state index >= 15 is 0 Å². The lowest BCUT2D eigenvalue weighted by atomic mass is 10.00. The highest BCUT2D eigenvalue weighted by Gasteiger charge is 2.23. The van der Waals surface area contributed by atoms with Crippen LogP contribution < -0.4 is 4.74 Å². The first-order valence-corrected chi connectivity index (χ1v) is 9.59. The molecule has 0 aliphatic heterocycles. The van der Waals surface area contributed by atoms with Crippen LogP contribution in [0.5, 0.6) is 5.88 Å². The number of carbonyl (C=O) groups is 1. The van der Waals surface area contributed by atoms with Gasteiger partial charge in [-0.1, -0.05) is 20.8 Å². The summed E-state index contributed by atoms with van der Waals surface area (Å²) in [6.45, 7) is 11.9. The van der Waals surface area contributed by atoms with E-state index in [9.17, 15) is 9.18 Å². The van der Waals surface area contributed by atoms with Crippen molar-refractivity contribution in [3.05, 3.63) is 29.8 Å². The van der Waals surface area contributed by atoms with Crippen molar-refractivity contribution in [1.82, 2.24) is 14.9 Å². The van der Waals surface area contributed by atoms with Crippen LogP contribution in [0.4, 0.5) is 9.18 Å². The molecule has 0 radical (unpaired) electrons. The Labute approximate surface area is 167 Å². The van der Waals surface area contributed by atoms with Gasteiger partial charge in [0.05, 0.1) is 29.9 Å². The molecule has 0 bridgehead atoms. The van der Waals surface area contributed by atoms with Gasteiger partial charge in [0.15, 0.2) is 0 Å². The molecule has 2 rings (SSSR count). The average molecular weight is 394 g/mol. The quantitative estimate of drug-likeness (QED) is 0.702. The van der Waals surface area contributed by atoms with Crippen LogP contribution in [0.15, 0.2) is 18.3 Å². The summed E-state index contributed by atoms with van der Waals surface area (Å²) in [4.78, 5) is 22.4. The van der Waals surface area contributed by atoms with Gasteiger partial charge in [0.1, 0.15) is 11.4 Å². The summed E-state index contributed by atoms with van der Waals surface area (Å²) in [5.41, 5.74) is 0.795. The smallest absolute Gasteiger partial charge is 0.410 e. The van der Waals surface area contributed by atoms with Crippen molar-refractivity contribution in [2.45, 2.75) is 59.5 Å². The van der Waals surface area contributed by atoms with Crippen LogP contribution in [0, 0.1) is 5.82 Å². The summed E-state index contributed by atoms with van der Waals surface area (Å²) in [7, 11) is 3.19. The van der Waals surface area contributed by atoms with E-state index in [4.69, 9.17) is 9.47 Å². The number of amides is 1. The molecular weight excluding hydrogens is 361 g/mol. The molecule has 28 heavy (non-hydrogen) atoms. The minimum atomic E-state index is -0.550. The molecule has 156 valence electrons. The van der Waals surface area contributed by atoms with Gasteiger partial charge in [-0.25, -0.2) is 14.2 Å². The highest BCUT2D eigenvalue weighted by molar-refractivity contribution is 5.83. The van der Waals surface area contributed by atoms with Gasteiger partial charge >= 0.3 is 6.09 Å². The monoisotopic (exact) mass is 393 g/mol. The molecule has 6 nitrogen and oxygen atoms in total. The second-order valence-electron chi connectivity index (χ2n) is 7.24. The van der Waals surface area contributed by atoms with E-state index in [-0.39, 0.29) is 12.0 Å². The van der Waals surface area contributed by atoms with Crippen LogP contribution >= 0.6 is 0 Å². The molecule has 0 saturated carbocycles. The Bertz CT molecular complexity index is 790. The van der Waals surface area contributed by atoms with E-state index in [0.717, 1.165) is 12.1 Å². The molecule has 0 saturated heterocycles. The fourth-order valence-electron chi connectivity index (χ4n) is 2.63. The summed E-state index contributed by atoms with van der Waals surface area (Å²) in [5.74, 6) is -0.150. The number of rotatable bonds is 5. The van der Waals surface area contributed by atoms with Crippen LogP contribution in [-0.4, -0.2) is 47.3 Å². The lowest BCUT2D eigenvalue weighted by molar-refractivity contribution is 0.0287. The maximum atomic E-state index is 13.5. The molecular formula is C21H32FN3O3. The Morgan fingerprint density at radius 3 is 2.46 bits per heavy atom. The lowest BCUT2D eigenvalue weighted by Gasteiger charge is -2.27. The maximum Gasteiger partial charge on any atom is 0.410 e. The fourth-order valence-corrected chi connectivity index (χ4v) is 2.63. The van der Waals surface area contributed by atoms with Crippen LogP contribution in [0.25, 0.3) is 10.9 Å². The number of hydrogen-bond donors (Lipinski definition) is 0. The maximum absolute atomic E-state index is 13.5. The van der Waals surface area contributed by atoms with Crippen molar-refractivity contribution >= 4 is 17.0 Å². The zero-order valence-electron chi connectivity index (χ0n) is 18.2. The van der Waals surface area contributed by atoms with Gasteiger partial charge in [0, 0.05) is 19.5 Å². The Morgan fingerprint density at radius 1 is 1.29 bits per heavy atom. The summed E-state index contributed by atoms with van der Waals surface area (Å²) < 4.78 is 24.2. The van der Waals surface area contributed by atoms with Gasteiger partial charge in [-0.3, -0.25) is 4.98 Å². The van der Waals surface area contributed by atoms with Gasteiger partial charge in [0.25, 0.3) is 0 Å². The molecule has 1 atom stereocenters. The van der Waals surface area contributed by atoms with Crippen molar-refractivity contribution in [3.63, 3.8) is 0 Å². The van der Waals surface area contributed by atoms with Gasteiger partial charge < -0.3 is 14.4 Å². The molecule has 0 aliphatic carbocycles. The topological polar surface area (TPSA) is 64.6 Å². The second-order valence-corrected chi connectivity index (χ2v) is 7.24. The molecule has 1 unspecified atom stereocenters. The minimum absolute atomic E-state index is 0.0299. The number of methoxy groups -OCH3 is 1. The standard InChI is InChI=1S/C19H26FN3O3.C2H6/c1-7-12(11-23(5)18(24)26-19(2,3)4)15-9-16-14(17(22-15)25-6)8-13(20)10-21-16;1-2/h8-10,12H,7,11H2,1-6H3;1-2H3. The van der Waals surface area contributed by atoms with Crippen LogP contribution in [0.2, 0.25) is 0 Å². The van der Waals surface area contributed by atoms with E-state index in [0.29, 0.717) is 23.3 Å². The van der Waals surface area contributed by atoms with Gasteiger partial charge in [-0.2, -0.15) is 0 Å². The van der Waals surface area contributed by atoms with Crippen molar-refractivity contribution < 1.29 is 18.7 Å². The van der Waals surface area contributed by atoms with Crippen molar-refractivity contribution in [2.75, 3.05) is 20.7 Å².